The zero-order chi connectivity index (χ0) is 26.8. The van der Waals surface area contributed by atoms with Gasteiger partial charge in [-0.1, -0.05) is 85.5 Å². The molecule has 0 bridgehead atoms. The molecule has 3 aliphatic rings. The SMILES string of the molecule is C=C1C=NN2C(=C1CC(=C)C1CCOCC1)C(=C)N(C(C)C)CC2C(c1ccccc1)c1ccc(C)cc1. The molecule has 0 aromatic heterocycles. The van der Waals surface area contributed by atoms with Gasteiger partial charge in [0.1, 0.15) is 0 Å². The maximum atomic E-state index is 5.62. The van der Waals surface area contributed by atoms with Gasteiger partial charge in [-0.25, -0.2) is 0 Å². The Bertz CT molecular complexity index is 1250. The average molecular weight is 508 g/mol. The van der Waals surface area contributed by atoms with Gasteiger partial charge < -0.3 is 9.64 Å². The number of aryl methyl sites for hydroxylation is 1. The van der Waals surface area contributed by atoms with E-state index in [9.17, 15) is 0 Å². The normalized spacial score (nSPS) is 21.2. The van der Waals surface area contributed by atoms with E-state index in [2.05, 4.69) is 105 Å². The lowest BCUT2D eigenvalue weighted by Crippen LogP contribution is -2.53. The van der Waals surface area contributed by atoms with Crippen LogP contribution in [0.4, 0.5) is 0 Å². The average Bonchev–Trinajstić information content (AvgIpc) is 2.93. The van der Waals surface area contributed by atoms with Gasteiger partial charge in [0, 0.05) is 31.7 Å². The number of fused-ring (bicyclic) bond motifs is 1. The fourth-order valence-corrected chi connectivity index (χ4v) is 6.16. The predicted octanol–water partition coefficient (Wildman–Crippen LogP) is 7.22. The summed E-state index contributed by atoms with van der Waals surface area (Å²) < 4.78 is 5.62. The van der Waals surface area contributed by atoms with Crippen molar-refractivity contribution in [3.63, 3.8) is 0 Å². The Morgan fingerprint density at radius 1 is 1.00 bits per heavy atom. The first-order valence-electron chi connectivity index (χ1n) is 13.9. The molecule has 2 aromatic carbocycles. The van der Waals surface area contributed by atoms with Gasteiger partial charge in [0.15, 0.2) is 0 Å². The number of hydrogen-bond acceptors (Lipinski definition) is 4. The van der Waals surface area contributed by atoms with Gasteiger partial charge in [-0.2, -0.15) is 5.10 Å². The number of hydrogen-bond donors (Lipinski definition) is 0. The first kappa shape index (κ1) is 26.2. The first-order valence-corrected chi connectivity index (χ1v) is 13.9. The molecular weight excluding hydrogens is 466 g/mol. The summed E-state index contributed by atoms with van der Waals surface area (Å²) in [6.07, 6.45) is 4.81. The van der Waals surface area contributed by atoms with E-state index in [1.807, 2.05) is 6.21 Å². The number of hydrazone groups is 1. The smallest absolute Gasteiger partial charge is 0.0867 e. The highest BCUT2D eigenvalue weighted by molar-refractivity contribution is 5.86. The van der Waals surface area contributed by atoms with Gasteiger partial charge in [-0.05, 0) is 68.2 Å². The Kier molecular flexibility index (Phi) is 7.71. The molecular formula is C34H41N3O. The zero-order valence-electron chi connectivity index (χ0n) is 23.2. The van der Waals surface area contributed by atoms with Crippen molar-refractivity contribution in [3.8, 4) is 0 Å². The van der Waals surface area contributed by atoms with Gasteiger partial charge in [-0.15, -0.1) is 0 Å². The molecule has 198 valence electrons. The third-order valence-corrected chi connectivity index (χ3v) is 8.36. The molecule has 4 heteroatoms. The van der Waals surface area contributed by atoms with Gasteiger partial charge in [0.05, 0.1) is 23.7 Å². The van der Waals surface area contributed by atoms with Crippen LogP contribution in [0.15, 0.2) is 108 Å². The van der Waals surface area contributed by atoms with Crippen LogP contribution in [0.5, 0.6) is 0 Å². The fraction of sp³-hybridized carbons (Fsp3) is 0.382. The van der Waals surface area contributed by atoms with Crippen LogP contribution in [-0.2, 0) is 4.74 Å². The summed E-state index contributed by atoms with van der Waals surface area (Å²) >= 11 is 0. The maximum absolute atomic E-state index is 5.62. The van der Waals surface area contributed by atoms with Gasteiger partial charge >= 0.3 is 0 Å². The molecule has 0 spiro atoms. The van der Waals surface area contributed by atoms with E-state index in [1.165, 1.54) is 27.8 Å². The number of ether oxygens (including phenoxy) is 1. The molecule has 2 unspecified atom stereocenters. The molecule has 0 N–H and O–H groups in total. The van der Waals surface area contributed by atoms with Crippen LogP contribution < -0.4 is 0 Å². The maximum Gasteiger partial charge on any atom is 0.0867 e. The van der Waals surface area contributed by atoms with E-state index in [-0.39, 0.29) is 12.0 Å². The van der Waals surface area contributed by atoms with Crippen molar-refractivity contribution in [2.75, 3.05) is 19.8 Å². The van der Waals surface area contributed by atoms with Crippen molar-refractivity contribution in [3.05, 3.63) is 119 Å². The predicted molar refractivity (Wildman–Crippen MR) is 158 cm³/mol. The molecule has 2 fully saturated rings. The number of allylic oxidation sites excluding steroid dienone is 3. The minimum Gasteiger partial charge on any atom is -0.381 e. The summed E-state index contributed by atoms with van der Waals surface area (Å²) in [5.41, 5.74) is 9.41. The Morgan fingerprint density at radius 2 is 1.66 bits per heavy atom. The van der Waals surface area contributed by atoms with Crippen molar-refractivity contribution in [2.45, 2.75) is 58.0 Å². The third-order valence-electron chi connectivity index (χ3n) is 8.36. The second-order valence-corrected chi connectivity index (χ2v) is 11.2. The molecule has 2 atom stereocenters. The topological polar surface area (TPSA) is 28.1 Å². The summed E-state index contributed by atoms with van der Waals surface area (Å²) in [4.78, 5) is 2.45. The zero-order valence-corrected chi connectivity index (χ0v) is 23.2. The standard InChI is InChI=1S/C34H41N3O/c1-23(2)36-22-32(33(29-10-8-7-9-11-29)30-14-12-24(3)13-15-30)37-34(27(36)6)31(26(5)21-35-37)20-25(4)28-16-18-38-19-17-28/h7-15,21,23,28,32-33H,4-6,16-20,22H2,1-3H3. The van der Waals surface area contributed by atoms with Crippen LogP contribution >= 0.6 is 0 Å². The van der Waals surface area contributed by atoms with Crippen LogP contribution in [-0.4, -0.2) is 48.0 Å². The Hall–Kier alpha value is -3.37. The summed E-state index contributed by atoms with van der Waals surface area (Å²) in [7, 11) is 0. The van der Waals surface area contributed by atoms with Crippen molar-refractivity contribution in [1.82, 2.24) is 9.91 Å². The Balaban J connectivity index is 1.61. The highest BCUT2D eigenvalue weighted by atomic mass is 16.5. The quantitative estimate of drug-likeness (QED) is 0.371. The van der Waals surface area contributed by atoms with Crippen molar-refractivity contribution >= 4 is 6.21 Å². The van der Waals surface area contributed by atoms with Gasteiger partial charge in [-0.3, -0.25) is 5.01 Å². The number of piperazine rings is 1. The van der Waals surface area contributed by atoms with E-state index in [1.54, 1.807) is 0 Å². The molecule has 2 aromatic rings. The number of rotatable bonds is 7. The Morgan fingerprint density at radius 3 is 2.32 bits per heavy atom. The summed E-state index contributed by atoms with van der Waals surface area (Å²) in [5.74, 6) is 0.625. The molecule has 3 heterocycles. The number of nitrogens with zero attached hydrogens (tertiary/aromatic N) is 3. The minimum atomic E-state index is 0.0960. The molecule has 38 heavy (non-hydrogen) atoms. The van der Waals surface area contributed by atoms with Crippen LogP contribution in [0, 0.1) is 12.8 Å². The highest BCUT2D eigenvalue weighted by Crippen LogP contribution is 2.44. The molecule has 4 nitrogen and oxygen atoms in total. The van der Waals surface area contributed by atoms with E-state index >= 15 is 0 Å². The molecule has 5 rings (SSSR count). The second kappa shape index (κ2) is 11.2. The Labute approximate surface area is 228 Å². The number of benzene rings is 2. The molecule has 0 radical (unpaired) electrons. The van der Waals surface area contributed by atoms with Crippen molar-refractivity contribution < 1.29 is 4.74 Å². The lowest BCUT2D eigenvalue weighted by Gasteiger charge is -2.50. The third kappa shape index (κ3) is 5.15. The van der Waals surface area contributed by atoms with Crippen LogP contribution in [0.2, 0.25) is 0 Å². The lowest BCUT2D eigenvalue weighted by molar-refractivity contribution is 0.0752. The lowest BCUT2D eigenvalue weighted by atomic mass is 9.81. The second-order valence-electron chi connectivity index (χ2n) is 11.2. The van der Waals surface area contributed by atoms with Crippen LogP contribution in [0.3, 0.4) is 0 Å². The van der Waals surface area contributed by atoms with Crippen molar-refractivity contribution in [1.29, 1.82) is 0 Å². The van der Waals surface area contributed by atoms with E-state index in [0.29, 0.717) is 12.0 Å². The van der Waals surface area contributed by atoms with Crippen LogP contribution in [0.25, 0.3) is 0 Å². The minimum absolute atomic E-state index is 0.0960. The fourth-order valence-electron chi connectivity index (χ4n) is 6.16. The van der Waals surface area contributed by atoms with E-state index in [0.717, 1.165) is 56.0 Å². The molecule has 0 amide bonds. The van der Waals surface area contributed by atoms with Crippen molar-refractivity contribution in [2.24, 2.45) is 11.0 Å². The molecule has 2 saturated heterocycles. The summed E-state index contributed by atoms with van der Waals surface area (Å²) in [5, 5.41) is 7.28. The largest absolute Gasteiger partial charge is 0.381 e. The monoisotopic (exact) mass is 507 g/mol. The molecule has 0 saturated carbocycles. The molecule has 3 aliphatic heterocycles. The molecule has 0 aliphatic carbocycles. The first-order chi connectivity index (χ1) is 18.3. The van der Waals surface area contributed by atoms with Crippen LogP contribution in [0.1, 0.15) is 55.7 Å². The summed E-state index contributed by atoms with van der Waals surface area (Å²) in [6, 6.07) is 20.3. The highest BCUT2D eigenvalue weighted by Gasteiger charge is 2.42. The van der Waals surface area contributed by atoms with E-state index in [4.69, 9.17) is 9.84 Å². The summed E-state index contributed by atoms with van der Waals surface area (Å²) in [6.45, 7) is 22.7. The van der Waals surface area contributed by atoms with Gasteiger partial charge in [0.2, 0.25) is 0 Å². The van der Waals surface area contributed by atoms with Gasteiger partial charge in [0.25, 0.3) is 0 Å². The van der Waals surface area contributed by atoms with E-state index < -0.39 is 0 Å².